The van der Waals surface area contributed by atoms with E-state index in [0.29, 0.717) is 5.56 Å². The number of aliphatic hydroxyl groups is 1. The van der Waals surface area contributed by atoms with Gasteiger partial charge >= 0.3 is 6.18 Å². The zero-order valence-corrected chi connectivity index (χ0v) is 8.75. The quantitative estimate of drug-likeness (QED) is 0.844. The van der Waals surface area contributed by atoms with Crippen LogP contribution in [0.1, 0.15) is 25.3 Å². The molecule has 1 atom stereocenters. The number of aromatic hydroxyl groups is 1. The summed E-state index contributed by atoms with van der Waals surface area (Å²) in [7, 11) is 0. The van der Waals surface area contributed by atoms with Crippen molar-refractivity contribution < 1.29 is 23.4 Å². The van der Waals surface area contributed by atoms with Crippen LogP contribution in [0.4, 0.5) is 13.2 Å². The van der Waals surface area contributed by atoms with E-state index in [1.165, 1.54) is 31.2 Å². The largest absolute Gasteiger partial charge is 0.508 e. The average Bonchev–Trinajstić information content (AvgIpc) is 2.15. The van der Waals surface area contributed by atoms with Crippen LogP contribution in [0.2, 0.25) is 0 Å². The summed E-state index contributed by atoms with van der Waals surface area (Å²) >= 11 is 0. The molecule has 0 amide bonds. The lowest BCUT2D eigenvalue weighted by Crippen LogP contribution is -2.24. The molecule has 0 saturated heterocycles. The van der Waals surface area contributed by atoms with Gasteiger partial charge in [0.1, 0.15) is 5.75 Å². The van der Waals surface area contributed by atoms with E-state index in [-0.39, 0.29) is 5.75 Å². The van der Waals surface area contributed by atoms with Crippen molar-refractivity contribution in [3.63, 3.8) is 0 Å². The Morgan fingerprint density at radius 3 is 2.00 bits per heavy atom. The number of hydrogen-bond donors (Lipinski definition) is 2. The van der Waals surface area contributed by atoms with Gasteiger partial charge in [-0.15, -0.1) is 0 Å². The van der Waals surface area contributed by atoms with Crippen LogP contribution in [-0.4, -0.2) is 16.4 Å². The molecule has 1 aromatic rings. The molecule has 0 spiro atoms. The van der Waals surface area contributed by atoms with Crippen molar-refractivity contribution in [2.75, 3.05) is 0 Å². The number of rotatable bonds is 3. The molecule has 2 N–H and O–H groups in total. The molecule has 0 aliphatic carbocycles. The fourth-order valence-electron chi connectivity index (χ4n) is 1.35. The maximum atomic E-state index is 12.0. The van der Waals surface area contributed by atoms with E-state index in [1.54, 1.807) is 0 Å². The normalized spacial score (nSPS) is 15.8. The molecule has 1 rings (SSSR count). The predicted molar refractivity (Wildman–Crippen MR) is 53.0 cm³/mol. The Balaban J connectivity index is 2.73. The van der Waals surface area contributed by atoms with E-state index >= 15 is 0 Å². The van der Waals surface area contributed by atoms with Gasteiger partial charge in [0.2, 0.25) is 0 Å². The highest BCUT2D eigenvalue weighted by Gasteiger charge is 2.33. The monoisotopic (exact) mass is 234 g/mol. The Kier molecular flexibility index (Phi) is 3.48. The van der Waals surface area contributed by atoms with Gasteiger partial charge in [0.15, 0.2) is 0 Å². The molecule has 0 fully saturated rings. The van der Waals surface area contributed by atoms with Crippen LogP contribution in [0, 0.1) is 0 Å². The molecule has 0 aliphatic heterocycles. The second-order valence-electron chi connectivity index (χ2n) is 3.94. The molecule has 0 heterocycles. The SMILES string of the molecule is CC(O)(CCC(F)(F)F)c1ccc(O)cc1. The summed E-state index contributed by atoms with van der Waals surface area (Å²) in [5.41, 5.74) is -1.18. The van der Waals surface area contributed by atoms with Crippen LogP contribution in [0.3, 0.4) is 0 Å². The first-order valence-corrected chi connectivity index (χ1v) is 4.79. The summed E-state index contributed by atoms with van der Waals surface area (Å²) in [6.45, 7) is 1.32. The van der Waals surface area contributed by atoms with Gasteiger partial charge in [-0.2, -0.15) is 13.2 Å². The lowest BCUT2D eigenvalue weighted by molar-refractivity contribution is -0.146. The van der Waals surface area contributed by atoms with E-state index in [4.69, 9.17) is 5.11 Å². The Morgan fingerprint density at radius 2 is 1.56 bits per heavy atom. The summed E-state index contributed by atoms with van der Waals surface area (Å²) < 4.78 is 36.0. The van der Waals surface area contributed by atoms with Gasteiger partial charge in [-0.1, -0.05) is 12.1 Å². The third-order valence-electron chi connectivity index (χ3n) is 2.38. The van der Waals surface area contributed by atoms with Crippen molar-refractivity contribution >= 4 is 0 Å². The molecular weight excluding hydrogens is 221 g/mol. The summed E-state index contributed by atoms with van der Waals surface area (Å²) in [5.74, 6) is 0.00960. The van der Waals surface area contributed by atoms with E-state index in [9.17, 15) is 18.3 Å². The number of benzene rings is 1. The fraction of sp³-hybridized carbons (Fsp3) is 0.455. The highest BCUT2D eigenvalue weighted by atomic mass is 19.4. The lowest BCUT2D eigenvalue weighted by atomic mass is 9.91. The molecule has 0 saturated carbocycles. The fourth-order valence-corrected chi connectivity index (χ4v) is 1.35. The topological polar surface area (TPSA) is 40.5 Å². The van der Waals surface area contributed by atoms with Gasteiger partial charge in [-0.3, -0.25) is 0 Å². The van der Waals surface area contributed by atoms with Crippen molar-refractivity contribution in [2.45, 2.75) is 31.5 Å². The molecule has 5 heteroatoms. The van der Waals surface area contributed by atoms with Gasteiger partial charge in [-0.05, 0) is 31.0 Å². The zero-order chi connectivity index (χ0) is 12.4. The Bertz CT molecular complexity index is 341. The first kappa shape index (κ1) is 12.8. The number of alkyl halides is 3. The van der Waals surface area contributed by atoms with Gasteiger partial charge in [0.25, 0.3) is 0 Å². The minimum atomic E-state index is -4.28. The average molecular weight is 234 g/mol. The van der Waals surface area contributed by atoms with Crippen LogP contribution in [0.15, 0.2) is 24.3 Å². The molecule has 16 heavy (non-hydrogen) atoms. The lowest BCUT2D eigenvalue weighted by Gasteiger charge is -2.24. The molecule has 0 radical (unpaired) electrons. The van der Waals surface area contributed by atoms with Crippen LogP contribution in [-0.2, 0) is 5.60 Å². The smallest absolute Gasteiger partial charge is 0.389 e. The first-order valence-electron chi connectivity index (χ1n) is 4.79. The van der Waals surface area contributed by atoms with Crippen LogP contribution in [0.5, 0.6) is 5.75 Å². The molecule has 0 aliphatic rings. The highest BCUT2D eigenvalue weighted by Crippen LogP contribution is 2.32. The zero-order valence-electron chi connectivity index (χ0n) is 8.75. The summed E-state index contributed by atoms with van der Waals surface area (Å²) in [6.07, 6.45) is -5.72. The number of phenolic OH excluding ortho intramolecular Hbond substituents is 1. The Labute approximate surface area is 91.3 Å². The van der Waals surface area contributed by atoms with Gasteiger partial charge < -0.3 is 10.2 Å². The minimum Gasteiger partial charge on any atom is -0.508 e. The van der Waals surface area contributed by atoms with Gasteiger partial charge in [0.05, 0.1) is 5.60 Å². The van der Waals surface area contributed by atoms with Gasteiger partial charge in [-0.25, -0.2) is 0 Å². The maximum absolute atomic E-state index is 12.0. The van der Waals surface area contributed by atoms with Crippen LogP contribution < -0.4 is 0 Å². The van der Waals surface area contributed by atoms with Gasteiger partial charge in [0, 0.05) is 6.42 Å². The van der Waals surface area contributed by atoms with E-state index in [0.717, 1.165) is 0 Å². The van der Waals surface area contributed by atoms with E-state index in [1.807, 2.05) is 0 Å². The van der Waals surface area contributed by atoms with Crippen molar-refractivity contribution in [1.82, 2.24) is 0 Å². The molecule has 0 bridgehead atoms. The molecule has 2 nitrogen and oxygen atoms in total. The van der Waals surface area contributed by atoms with Crippen LogP contribution in [0.25, 0.3) is 0 Å². The molecule has 0 aromatic heterocycles. The van der Waals surface area contributed by atoms with Crippen molar-refractivity contribution in [2.24, 2.45) is 0 Å². The van der Waals surface area contributed by atoms with Crippen molar-refractivity contribution in [1.29, 1.82) is 0 Å². The van der Waals surface area contributed by atoms with E-state index < -0.39 is 24.6 Å². The Hall–Kier alpha value is -1.23. The number of halogens is 3. The summed E-state index contributed by atoms with van der Waals surface area (Å²) in [5, 5.41) is 18.9. The molecule has 1 unspecified atom stereocenters. The molecular formula is C11H13F3O2. The van der Waals surface area contributed by atoms with E-state index in [2.05, 4.69) is 0 Å². The third kappa shape index (κ3) is 3.73. The second kappa shape index (κ2) is 4.33. The standard InChI is InChI=1S/C11H13F3O2/c1-10(16,6-7-11(12,13)14)8-2-4-9(15)5-3-8/h2-5,15-16H,6-7H2,1H3. The third-order valence-corrected chi connectivity index (χ3v) is 2.38. The minimum absolute atomic E-state index is 0.00960. The second-order valence-corrected chi connectivity index (χ2v) is 3.94. The molecule has 1 aromatic carbocycles. The van der Waals surface area contributed by atoms with Crippen molar-refractivity contribution in [3.05, 3.63) is 29.8 Å². The number of phenols is 1. The highest BCUT2D eigenvalue weighted by molar-refractivity contribution is 5.29. The predicted octanol–water partition coefficient (Wildman–Crippen LogP) is 2.94. The van der Waals surface area contributed by atoms with Crippen molar-refractivity contribution in [3.8, 4) is 5.75 Å². The molecule has 90 valence electrons. The summed E-state index contributed by atoms with van der Waals surface area (Å²) in [4.78, 5) is 0. The van der Waals surface area contributed by atoms with Crippen LogP contribution >= 0.6 is 0 Å². The number of hydrogen-bond acceptors (Lipinski definition) is 2. The first-order chi connectivity index (χ1) is 7.21. The Morgan fingerprint density at radius 1 is 1.06 bits per heavy atom. The summed E-state index contributed by atoms with van der Waals surface area (Å²) in [6, 6.07) is 5.48. The maximum Gasteiger partial charge on any atom is 0.389 e.